The minimum atomic E-state index is -0.776. The van der Waals surface area contributed by atoms with E-state index in [1.54, 1.807) is 0 Å². The topological polar surface area (TPSA) is 58.8 Å². The molecule has 3 rings (SSSR count). The van der Waals surface area contributed by atoms with Crippen molar-refractivity contribution in [1.29, 1.82) is 0 Å². The summed E-state index contributed by atoms with van der Waals surface area (Å²) in [4.78, 5) is 17.8. The molecule has 2 aliphatic heterocycles. The summed E-state index contributed by atoms with van der Waals surface area (Å²) in [5, 5.41) is 0. The standard InChI is InChI=1S/C17H31N3O2/c1-5-22-14-9-17(18,16(14,3)4)15(21)20-11-13-7-6-8-19(13)10-12(20)2/h12-14H,5-11,18H2,1-4H3. The first-order valence-corrected chi connectivity index (χ1v) is 8.77. The van der Waals surface area contributed by atoms with Crippen molar-refractivity contribution in [1.82, 2.24) is 9.80 Å². The number of carbonyl (C=O) groups excluding carboxylic acids is 1. The second kappa shape index (κ2) is 5.46. The number of rotatable bonds is 3. The number of piperazine rings is 1. The van der Waals surface area contributed by atoms with Crippen LogP contribution in [0.15, 0.2) is 0 Å². The molecule has 2 N–H and O–H groups in total. The summed E-state index contributed by atoms with van der Waals surface area (Å²) in [6.07, 6.45) is 3.20. The van der Waals surface area contributed by atoms with Gasteiger partial charge in [0.1, 0.15) is 5.54 Å². The number of hydrogen-bond acceptors (Lipinski definition) is 4. The largest absolute Gasteiger partial charge is 0.378 e. The first kappa shape index (κ1) is 16.2. The fourth-order valence-corrected chi connectivity index (χ4v) is 4.52. The SMILES string of the molecule is CCOC1CC(N)(C(=O)N2CC3CCCN3CC2C)C1(C)C. The fraction of sp³-hybridized carbons (Fsp3) is 0.941. The fourth-order valence-electron chi connectivity index (χ4n) is 4.52. The molecule has 5 heteroatoms. The maximum absolute atomic E-state index is 13.2. The van der Waals surface area contributed by atoms with E-state index in [1.165, 1.54) is 19.4 Å². The number of nitrogens with two attached hydrogens (primary N) is 1. The van der Waals surface area contributed by atoms with Crippen LogP contribution in [0, 0.1) is 5.41 Å². The Balaban J connectivity index is 1.73. The zero-order valence-corrected chi connectivity index (χ0v) is 14.5. The van der Waals surface area contributed by atoms with E-state index in [0.29, 0.717) is 19.1 Å². The summed E-state index contributed by atoms with van der Waals surface area (Å²) in [5.41, 5.74) is 5.52. The minimum Gasteiger partial charge on any atom is -0.378 e. The van der Waals surface area contributed by atoms with E-state index in [2.05, 4.69) is 30.6 Å². The molecule has 3 fully saturated rings. The van der Waals surface area contributed by atoms with Gasteiger partial charge in [0.15, 0.2) is 0 Å². The Morgan fingerprint density at radius 3 is 2.73 bits per heavy atom. The number of fused-ring (bicyclic) bond motifs is 1. The number of amides is 1. The van der Waals surface area contributed by atoms with E-state index in [1.807, 2.05) is 6.92 Å². The van der Waals surface area contributed by atoms with Gasteiger partial charge in [0.05, 0.1) is 6.10 Å². The summed E-state index contributed by atoms with van der Waals surface area (Å²) in [6, 6.07) is 0.791. The Kier molecular flexibility index (Phi) is 4.03. The van der Waals surface area contributed by atoms with E-state index in [9.17, 15) is 4.79 Å². The van der Waals surface area contributed by atoms with Crippen LogP contribution in [0.1, 0.15) is 47.0 Å². The van der Waals surface area contributed by atoms with Crippen LogP contribution in [0.5, 0.6) is 0 Å². The normalized spacial score (nSPS) is 41.1. The number of carbonyl (C=O) groups is 1. The van der Waals surface area contributed by atoms with Crippen molar-refractivity contribution in [3.63, 3.8) is 0 Å². The van der Waals surface area contributed by atoms with Crippen molar-refractivity contribution in [3.05, 3.63) is 0 Å². The van der Waals surface area contributed by atoms with Crippen LogP contribution in [0.3, 0.4) is 0 Å². The third-order valence-corrected chi connectivity index (χ3v) is 6.41. The second-order valence-corrected chi connectivity index (χ2v) is 7.94. The van der Waals surface area contributed by atoms with Gasteiger partial charge < -0.3 is 15.4 Å². The molecule has 4 unspecified atom stereocenters. The molecule has 0 spiro atoms. The Labute approximate surface area is 134 Å². The highest BCUT2D eigenvalue weighted by atomic mass is 16.5. The third-order valence-electron chi connectivity index (χ3n) is 6.41. The molecule has 2 heterocycles. The summed E-state index contributed by atoms with van der Waals surface area (Å²) in [7, 11) is 0. The highest BCUT2D eigenvalue weighted by Crippen LogP contribution is 2.51. The van der Waals surface area contributed by atoms with Crippen molar-refractivity contribution in [2.24, 2.45) is 11.1 Å². The molecule has 2 saturated heterocycles. The molecule has 3 aliphatic rings. The van der Waals surface area contributed by atoms with Crippen LogP contribution < -0.4 is 5.73 Å². The number of nitrogens with zero attached hydrogens (tertiary/aromatic N) is 2. The van der Waals surface area contributed by atoms with E-state index in [4.69, 9.17) is 10.5 Å². The molecule has 1 aliphatic carbocycles. The van der Waals surface area contributed by atoms with Gasteiger partial charge in [-0.15, -0.1) is 0 Å². The molecule has 0 bridgehead atoms. The quantitative estimate of drug-likeness (QED) is 0.851. The van der Waals surface area contributed by atoms with Crippen molar-refractivity contribution in [2.45, 2.75) is 70.7 Å². The van der Waals surface area contributed by atoms with Crippen molar-refractivity contribution in [2.75, 3.05) is 26.2 Å². The zero-order chi connectivity index (χ0) is 16.1. The predicted molar refractivity (Wildman–Crippen MR) is 86.5 cm³/mol. The van der Waals surface area contributed by atoms with Gasteiger partial charge in [0, 0.05) is 43.6 Å². The smallest absolute Gasteiger partial charge is 0.243 e. The lowest BCUT2D eigenvalue weighted by Crippen LogP contribution is -2.77. The van der Waals surface area contributed by atoms with Gasteiger partial charge in [-0.1, -0.05) is 13.8 Å². The molecule has 0 radical (unpaired) electrons. The maximum atomic E-state index is 13.2. The maximum Gasteiger partial charge on any atom is 0.243 e. The average molecular weight is 309 g/mol. The van der Waals surface area contributed by atoms with Crippen molar-refractivity contribution >= 4 is 5.91 Å². The van der Waals surface area contributed by atoms with Gasteiger partial charge in [-0.25, -0.2) is 0 Å². The molecule has 1 saturated carbocycles. The molecule has 22 heavy (non-hydrogen) atoms. The van der Waals surface area contributed by atoms with Crippen LogP contribution in [0.4, 0.5) is 0 Å². The van der Waals surface area contributed by atoms with Gasteiger partial charge in [-0.2, -0.15) is 0 Å². The molecule has 0 aromatic rings. The van der Waals surface area contributed by atoms with E-state index >= 15 is 0 Å². The van der Waals surface area contributed by atoms with Crippen molar-refractivity contribution in [3.8, 4) is 0 Å². The van der Waals surface area contributed by atoms with Gasteiger partial charge in [0.25, 0.3) is 0 Å². The molecular weight excluding hydrogens is 278 g/mol. The van der Waals surface area contributed by atoms with E-state index in [-0.39, 0.29) is 23.5 Å². The number of ether oxygens (including phenoxy) is 1. The van der Waals surface area contributed by atoms with Crippen LogP contribution in [-0.4, -0.2) is 65.7 Å². The minimum absolute atomic E-state index is 0.0922. The summed E-state index contributed by atoms with van der Waals surface area (Å²) in [5.74, 6) is 0.132. The molecule has 5 nitrogen and oxygen atoms in total. The molecule has 126 valence electrons. The zero-order valence-electron chi connectivity index (χ0n) is 14.5. The first-order valence-electron chi connectivity index (χ1n) is 8.77. The van der Waals surface area contributed by atoms with Crippen LogP contribution >= 0.6 is 0 Å². The second-order valence-electron chi connectivity index (χ2n) is 7.94. The summed E-state index contributed by atoms with van der Waals surface area (Å²) < 4.78 is 5.76. The van der Waals surface area contributed by atoms with Crippen molar-refractivity contribution < 1.29 is 9.53 Å². The predicted octanol–water partition coefficient (Wildman–Crippen LogP) is 1.21. The van der Waals surface area contributed by atoms with E-state index < -0.39 is 5.54 Å². The van der Waals surface area contributed by atoms with Gasteiger partial charge in [0.2, 0.25) is 5.91 Å². The van der Waals surface area contributed by atoms with Gasteiger partial charge >= 0.3 is 0 Å². The average Bonchev–Trinajstić information content (AvgIpc) is 2.92. The van der Waals surface area contributed by atoms with Crippen LogP contribution in [0.2, 0.25) is 0 Å². The first-order chi connectivity index (χ1) is 10.3. The van der Waals surface area contributed by atoms with Gasteiger partial charge in [-0.3, -0.25) is 9.69 Å². The Hall–Kier alpha value is -0.650. The summed E-state index contributed by atoms with van der Waals surface area (Å²) in [6.45, 7) is 12.0. The highest BCUT2D eigenvalue weighted by Gasteiger charge is 2.64. The van der Waals surface area contributed by atoms with Gasteiger partial charge in [-0.05, 0) is 33.2 Å². The molecule has 0 aromatic carbocycles. The lowest BCUT2D eigenvalue weighted by molar-refractivity contribution is -0.183. The van der Waals surface area contributed by atoms with Crippen LogP contribution in [-0.2, 0) is 9.53 Å². The lowest BCUT2D eigenvalue weighted by atomic mass is 9.54. The summed E-state index contributed by atoms with van der Waals surface area (Å²) >= 11 is 0. The molecule has 1 amide bonds. The monoisotopic (exact) mass is 309 g/mol. The Bertz CT molecular complexity index is 453. The molecule has 0 aromatic heterocycles. The highest BCUT2D eigenvalue weighted by molar-refractivity contribution is 5.89. The molecular formula is C17H31N3O2. The van der Waals surface area contributed by atoms with Crippen LogP contribution in [0.25, 0.3) is 0 Å². The third kappa shape index (κ3) is 2.21. The Morgan fingerprint density at radius 1 is 1.36 bits per heavy atom. The molecule has 4 atom stereocenters. The Morgan fingerprint density at radius 2 is 2.09 bits per heavy atom. The van der Waals surface area contributed by atoms with E-state index in [0.717, 1.165) is 13.1 Å². The lowest BCUT2D eigenvalue weighted by Gasteiger charge is -2.59. The number of hydrogen-bond donors (Lipinski definition) is 1.